The van der Waals surface area contributed by atoms with E-state index in [-0.39, 0.29) is 12.5 Å². The summed E-state index contributed by atoms with van der Waals surface area (Å²) >= 11 is 0. The van der Waals surface area contributed by atoms with Gasteiger partial charge < -0.3 is 20.4 Å². The minimum atomic E-state index is -0.626. The number of rotatable bonds is 11. The molecular weight excluding hydrogens is 332 g/mol. The molecule has 0 aliphatic rings. The third-order valence-corrected chi connectivity index (χ3v) is 3.48. The van der Waals surface area contributed by atoms with Crippen LogP contribution in [0.2, 0.25) is 0 Å². The summed E-state index contributed by atoms with van der Waals surface area (Å²) in [6.07, 6.45) is 8.94. The Labute approximate surface area is 153 Å². The molecule has 1 aromatic rings. The van der Waals surface area contributed by atoms with Crippen molar-refractivity contribution in [3.8, 4) is 0 Å². The number of amides is 2. The number of carbonyl (C=O) groups excluding carboxylic acids is 2. The number of hydrogen-bond acceptors (Lipinski definition) is 4. The van der Waals surface area contributed by atoms with Crippen molar-refractivity contribution in [2.45, 2.75) is 19.3 Å². The van der Waals surface area contributed by atoms with Crippen LogP contribution in [0.1, 0.15) is 24.4 Å². The summed E-state index contributed by atoms with van der Waals surface area (Å²) in [6, 6.07) is 0. The molecule has 2 amide bonds. The Morgan fingerprint density at radius 1 is 1.27 bits per heavy atom. The second-order valence-electron chi connectivity index (χ2n) is 5.53. The number of imidazole rings is 1. The zero-order valence-corrected chi connectivity index (χ0v) is 15.1. The average molecular weight is 358 g/mol. The summed E-state index contributed by atoms with van der Waals surface area (Å²) in [5.41, 5.74) is 2.49. The normalized spacial score (nSPS) is 10.3. The highest BCUT2D eigenvalue weighted by atomic mass is 16.5. The first-order valence-electron chi connectivity index (χ1n) is 8.27. The molecule has 0 aliphatic carbocycles. The fourth-order valence-electron chi connectivity index (χ4n) is 1.95. The van der Waals surface area contributed by atoms with E-state index in [1.165, 1.54) is 7.11 Å². The van der Waals surface area contributed by atoms with Crippen LogP contribution in [-0.4, -0.2) is 42.2 Å². The van der Waals surface area contributed by atoms with Crippen LogP contribution in [0.25, 0.3) is 5.57 Å². The number of nitrogens with zero attached hydrogens (tertiary/aromatic N) is 1. The van der Waals surface area contributed by atoms with E-state index >= 15 is 0 Å². The van der Waals surface area contributed by atoms with Crippen molar-refractivity contribution in [1.29, 1.82) is 0 Å². The third-order valence-electron chi connectivity index (χ3n) is 3.48. The van der Waals surface area contributed by atoms with Crippen LogP contribution in [0.15, 0.2) is 49.7 Å². The fraction of sp³-hybridized carbons (Fsp3) is 0.316. The van der Waals surface area contributed by atoms with Gasteiger partial charge in [-0.25, -0.2) is 9.78 Å². The zero-order valence-electron chi connectivity index (χ0n) is 15.1. The molecule has 0 unspecified atom stereocenters. The molecule has 0 aromatic carbocycles. The van der Waals surface area contributed by atoms with Crippen molar-refractivity contribution >= 4 is 17.6 Å². The van der Waals surface area contributed by atoms with Gasteiger partial charge in [-0.05, 0) is 24.0 Å². The Bertz CT molecular complexity index is 689. The number of nitrogens with one attached hydrogen (secondary N) is 3. The Hall–Kier alpha value is -3.09. The smallest absolute Gasteiger partial charge is 0.407 e. The molecule has 3 N–H and O–H groups in total. The number of alkyl carbamates (subject to hydrolysis) is 1. The van der Waals surface area contributed by atoms with Gasteiger partial charge in [0.05, 0.1) is 25.5 Å². The van der Waals surface area contributed by atoms with Crippen LogP contribution < -0.4 is 10.6 Å². The summed E-state index contributed by atoms with van der Waals surface area (Å²) in [4.78, 5) is 29.9. The molecule has 0 saturated heterocycles. The van der Waals surface area contributed by atoms with Gasteiger partial charge in [0.15, 0.2) is 0 Å². The maximum atomic E-state index is 11.5. The number of hydrogen-bond donors (Lipinski definition) is 3. The van der Waals surface area contributed by atoms with Gasteiger partial charge in [-0.15, -0.1) is 0 Å². The van der Waals surface area contributed by atoms with Gasteiger partial charge in [0, 0.05) is 13.0 Å². The largest absolute Gasteiger partial charge is 0.453 e. The number of carbonyl (C=O) groups is 2. The minimum Gasteiger partial charge on any atom is -0.453 e. The van der Waals surface area contributed by atoms with Crippen LogP contribution in [0.4, 0.5) is 4.79 Å². The van der Waals surface area contributed by atoms with Crippen LogP contribution in [-0.2, 0) is 16.0 Å². The number of aromatic amines is 1. The molecule has 1 aromatic heterocycles. The van der Waals surface area contributed by atoms with Crippen LogP contribution in [0.5, 0.6) is 0 Å². The van der Waals surface area contributed by atoms with E-state index in [4.69, 9.17) is 0 Å². The van der Waals surface area contributed by atoms with E-state index in [2.05, 4.69) is 45.1 Å². The first-order chi connectivity index (χ1) is 12.5. The van der Waals surface area contributed by atoms with Crippen molar-refractivity contribution < 1.29 is 14.3 Å². The average Bonchev–Trinajstić information content (AvgIpc) is 3.12. The van der Waals surface area contributed by atoms with Gasteiger partial charge in [0.25, 0.3) is 0 Å². The first-order valence-corrected chi connectivity index (χ1v) is 8.27. The van der Waals surface area contributed by atoms with E-state index in [1.54, 1.807) is 12.3 Å². The molecule has 7 nitrogen and oxygen atoms in total. The van der Waals surface area contributed by atoms with Crippen molar-refractivity contribution in [3.05, 3.63) is 61.3 Å². The summed E-state index contributed by atoms with van der Waals surface area (Å²) in [5.74, 6) is 0.621. The van der Waals surface area contributed by atoms with Gasteiger partial charge in [0.1, 0.15) is 5.82 Å². The fourth-order valence-corrected chi connectivity index (χ4v) is 1.95. The van der Waals surface area contributed by atoms with Gasteiger partial charge in [0.2, 0.25) is 5.91 Å². The number of allylic oxidation sites excluding steroid dienone is 5. The first kappa shape index (κ1) is 21.0. The highest BCUT2D eigenvalue weighted by molar-refractivity contribution is 5.81. The third kappa shape index (κ3) is 8.14. The molecule has 0 atom stereocenters. The lowest BCUT2D eigenvalue weighted by atomic mass is 10.2. The second kappa shape index (κ2) is 11.5. The van der Waals surface area contributed by atoms with Crippen LogP contribution >= 0.6 is 0 Å². The number of methoxy groups -OCH3 is 1. The Kier molecular flexibility index (Phi) is 9.24. The van der Waals surface area contributed by atoms with Gasteiger partial charge in [-0.2, -0.15) is 0 Å². The van der Waals surface area contributed by atoms with Crippen molar-refractivity contribution in [1.82, 2.24) is 20.6 Å². The number of unbranched alkanes of at least 4 members (excludes halogenated alkanes) is 1. The van der Waals surface area contributed by atoms with Gasteiger partial charge in [-0.1, -0.05) is 38.0 Å². The van der Waals surface area contributed by atoms with E-state index in [9.17, 15) is 9.59 Å². The topological polar surface area (TPSA) is 96.1 Å². The second-order valence-corrected chi connectivity index (χ2v) is 5.53. The van der Waals surface area contributed by atoms with Crippen molar-refractivity contribution in [2.75, 3.05) is 20.2 Å². The predicted molar refractivity (Wildman–Crippen MR) is 102 cm³/mol. The van der Waals surface area contributed by atoms with E-state index in [0.717, 1.165) is 41.9 Å². The molecule has 0 bridgehead atoms. The van der Waals surface area contributed by atoms with E-state index in [1.807, 2.05) is 12.2 Å². The molecule has 0 saturated carbocycles. The quantitative estimate of drug-likeness (QED) is 0.418. The lowest BCUT2D eigenvalue weighted by molar-refractivity contribution is -0.120. The molecule has 26 heavy (non-hydrogen) atoms. The molecule has 0 spiro atoms. The molecule has 1 rings (SSSR count). The highest BCUT2D eigenvalue weighted by Crippen LogP contribution is 2.13. The summed E-state index contributed by atoms with van der Waals surface area (Å²) < 4.78 is 4.38. The minimum absolute atomic E-state index is 0.0951. The molecule has 1 heterocycles. The molecule has 140 valence electrons. The van der Waals surface area contributed by atoms with Crippen LogP contribution in [0, 0.1) is 0 Å². The molecule has 0 fully saturated rings. The SMILES string of the molecule is C=CC(=C)/C=C\C(=C)c1cnc(CCCCNC(=O)CNC(=O)OC)[nH]1. The number of ether oxygens (including phenoxy) is 1. The number of H-pyrrole nitrogens is 1. The molecular formula is C19H26N4O3. The van der Waals surface area contributed by atoms with Gasteiger partial charge in [-0.3, -0.25) is 4.79 Å². The molecule has 0 radical (unpaired) electrons. The molecule has 0 aliphatic heterocycles. The van der Waals surface area contributed by atoms with Crippen molar-refractivity contribution in [2.24, 2.45) is 0 Å². The Balaban J connectivity index is 2.25. The predicted octanol–water partition coefficient (Wildman–Crippen LogP) is 2.52. The van der Waals surface area contributed by atoms with Gasteiger partial charge >= 0.3 is 6.09 Å². The zero-order chi connectivity index (χ0) is 19.4. The monoisotopic (exact) mass is 358 g/mol. The standard InChI is InChI=1S/C19H26N4O3/c1-5-14(2)9-10-15(3)16-12-21-17(23-16)8-6-7-11-20-18(24)13-22-19(25)26-4/h5,9-10,12H,1-3,6-8,11,13H2,4H3,(H,20,24)(H,21,23)(H,22,25)/b10-9-. The van der Waals surface area contributed by atoms with E-state index in [0.29, 0.717) is 6.54 Å². The summed E-state index contributed by atoms with van der Waals surface area (Å²) in [6.45, 7) is 11.9. The lowest BCUT2D eigenvalue weighted by Gasteiger charge is -2.05. The summed E-state index contributed by atoms with van der Waals surface area (Å²) in [5, 5.41) is 5.05. The number of aromatic nitrogens is 2. The number of aryl methyl sites for hydroxylation is 1. The Morgan fingerprint density at radius 2 is 2.04 bits per heavy atom. The lowest BCUT2D eigenvalue weighted by Crippen LogP contribution is -2.37. The molecule has 7 heteroatoms. The maximum Gasteiger partial charge on any atom is 0.407 e. The van der Waals surface area contributed by atoms with E-state index < -0.39 is 6.09 Å². The summed E-state index contributed by atoms with van der Waals surface area (Å²) in [7, 11) is 1.25. The van der Waals surface area contributed by atoms with Crippen molar-refractivity contribution in [3.63, 3.8) is 0 Å². The highest BCUT2D eigenvalue weighted by Gasteiger charge is 2.05. The maximum absolute atomic E-state index is 11.5. The van der Waals surface area contributed by atoms with Crippen LogP contribution in [0.3, 0.4) is 0 Å². The Morgan fingerprint density at radius 3 is 2.73 bits per heavy atom.